The molecule has 1 saturated heterocycles. The summed E-state index contributed by atoms with van der Waals surface area (Å²) in [5.41, 5.74) is 0. The molecule has 1 atom stereocenters. The first kappa shape index (κ1) is 15.3. The van der Waals surface area contributed by atoms with E-state index in [1.807, 2.05) is 0 Å². The molecule has 1 aliphatic heterocycles. The average Bonchev–Trinajstić information content (AvgIpc) is 2.76. The van der Waals surface area contributed by atoms with Gasteiger partial charge in [0.25, 0.3) is 0 Å². The zero-order valence-electron chi connectivity index (χ0n) is 11.9. The van der Waals surface area contributed by atoms with E-state index in [0.29, 0.717) is 0 Å². The summed E-state index contributed by atoms with van der Waals surface area (Å²) in [6.07, 6.45) is 4.09. The summed E-state index contributed by atoms with van der Waals surface area (Å²) in [4.78, 5) is 2.67. The number of thioether (sulfide) groups is 1. The van der Waals surface area contributed by atoms with Crippen molar-refractivity contribution >= 4 is 11.8 Å². The maximum atomic E-state index is 3.62. The second-order valence-electron chi connectivity index (χ2n) is 5.50. The van der Waals surface area contributed by atoms with Gasteiger partial charge in [-0.3, -0.25) is 0 Å². The van der Waals surface area contributed by atoms with Gasteiger partial charge in [0.2, 0.25) is 0 Å². The summed E-state index contributed by atoms with van der Waals surface area (Å²) in [5, 5.41) is 3.62. The summed E-state index contributed by atoms with van der Waals surface area (Å²) < 4.78 is 0. The molecular formula is C14H30N2S. The van der Waals surface area contributed by atoms with Crippen molar-refractivity contribution in [2.75, 3.05) is 37.7 Å². The van der Waals surface area contributed by atoms with E-state index in [1.54, 1.807) is 0 Å². The Bertz CT molecular complexity index is 179. The second-order valence-corrected chi connectivity index (χ2v) is 6.89. The van der Waals surface area contributed by atoms with Crippen LogP contribution in [0.2, 0.25) is 0 Å². The molecule has 0 radical (unpaired) electrons. The Morgan fingerprint density at radius 2 is 2.24 bits per heavy atom. The Kier molecular flexibility index (Phi) is 8.33. The van der Waals surface area contributed by atoms with Crippen molar-refractivity contribution in [3.8, 4) is 0 Å². The van der Waals surface area contributed by atoms with Crippen LogP contribution >= 0.6 is 11.8 Å². The minimum absolute atomic E-state index is 0.757. The third kappa shape index (κ3) is 7.32. The van der Waals surface area contributed by atoms with Gasteiger partial charge in [0.15, 0.2) is 0 Å². The normalized spacial score (nSPS) is 20.6. The molecule has 0 bridgehead atoms. The van der Waals surface area contributed by atoms with Crippen molar-refractivity contribution in [2.45, 2.75) is 46.1 Å². The minimum Gasteiger partial charge on any atom is -0.313 e. The Morgan fingerprint density at radius 3 is 2.82 bits per heavy atom. The lowest BCUT2D eigenvalue weighted by Crippen LogP contribution is -2.40. The quantitative estimate of drug-likeness (QED) is 0.640. The Hall–Kier alpha value is 0.270. The lowest BCUT2D eigenvalue weighted by Gasteiger charge is -2.27. The van der Waals surface area contributed by atoms with Gasteiger partial charge >= 0.3 is 0 Å². The molecule has 0 aromatic carbocycles. The molecule has 1 aliphatic rings. The second kappa shape index (κ2) is 9.23. The zero-order valence-corrected chi connectivity index (χ0v) is 12.7. The van der Waals surface area contributed by atoms with E-state index in [0.717, 1.165) is 12.0 Å². The molecule has 17 heavy (non-hydrogen) atoms. The summed E-state index contributed by atoms with van der Waals surface area (Å²) in [5.74, 6) is 3.37. The highest BCUT2D eigenvalue weighted by Gasteiger charge is 2.18. The van der Waals surface area contributed by atoms with E-state index in [4.69, 9.17) is 0 Å². The molecule has 1 N–H and O–H groups in total. The van der Waals surface area contributed by atoms with Crippen LogP contribution in [0.15, 0.2) is 0 Å². The maximum absolute atomic E-state index is 3.62. The molecule has 0 spiro atoms. The predicted octanol–water partition coefficient (Wildman–Crippen LogP) is 2.84. The van der Waals surface area contributed by atoms with Gasteiger partial charge in [0, 0.05) is 19.1 Å². The molecule has 0 saturated carbocycles. The van der Waals surface area contributed by atoms with Gasteiger partial charge in [-0.05, 0) is 49.8 Å². The third-order valence-corrected chi connectivity index (χ3v) is 4.22. The molecule has 0 aliphatic carbocycles. The summed E-state index contributed by atoms with van der Waals surface area (Å²) >= 11 is 2.07. The maximum Gasteiger partial charge on any atom is 0.0195 e. The van der Waals surface area contributed by atoms with Gasteiger partial charge in [0.1, 0.15) is 0 Å². The van der Waals surface area contributed by atoms with E-state index in [1.165, 1.54) is 56.9 Å². The lowest BCUT2D eigenvalue weighted by atomic mass is 10.1. The number of hydrogen-bond acceptors (Lipinski definition) is 3. The molecule has 1 fully saturated rings. The van der Waals surface area contributed by atoms with Gasteiger partial charge in [0.05, 0.1) is 0 Å². The molecule has 1 unspecified atom stereocenters. The molecule has 0 aromatic rings. The van der Waals surface area contributed by atoms with E-state index in [9.17, 15) is 0 Å². The van der Waals surface area contributed by atoms with E-state index < -0.39 is 0 Å². The van der Waals surface area contributed by atoms with Crippen molar-refractivity contribution in [1.82, 2.24) is 10.2 Å². The fraction of sp³-hybridized carbons (Fsp3) is 1.00. The van der Waals surface area contributed by atoms with Crippen LogP contribution in [0, 0.1) is 5.92 Å². The molecule has 0 aromatic heterocycles. The van der Waals surface area contributed by atoms with E-state index in [2.05, 4.69) is 42.7 Å². The van der Waals surface area contributed by atoms with Gasteiger partial charge in [-0.15, -0.1) is 0 Å². The molecular weight excluding hydrogens is 228 g/mol. The third-order valence-electron chi connectivity index (χ3n) is 3.23. The molecule has 2 nitrogen and oxygen atoms in total. The lowest BCUT2D eigenvalue weighted by molar-refractivity contribution is 0.225. The molecule has 0 amide bonds. The summed E-state index contributed by atoms with van der Waals surface area (Å²) in [6, 6.07) is 0.757. The van der Waals surface area contributed by atoms with Crippen molar-refractivity contribution in [1.29, 1.82) is 0 Å². The van der Waals surface area contributed by atoms with Crippen LogP contribution in [0.3, 0.4) is 0 Å². The first-order valence-electron chi connectivity index (χ1n) is 7.25. The van der Waals surface area contributed by atoms with Gasteiger partial charge in [-0.25, -0.2) is 0 Å². The number of nitrogens with zero attached hydrogens (tertiary/aromatic N) is 1. The van der Waals surface area contributed by atoms with Gasteiger partial charge in [-0.1, -0.05) is 20.8 Å². The number of nitrogens with one attached hydrogen (secondary N) is 1. The highest BCUT2D eigenvalue weighted by molar-refractivity contribution is 7.99. The van der Waals surface area contributed by atoms with Crippen molar-refractivity contribution < 1.29 is 0 Å². The molecule has 102 valence electrons. The minimum atomic E-state index is 0.757. The zero-order chi connectivity index (χ0) is 12.5. The fourth-order valence-electron chi connectivity index (χ4n) is 2.53. The van der Waals surface area contributed by atoms with Gasteiger partial charge in [-0.2, -0.15) is 11.8 Å². The Morgan fingerprint density at radius 1 is 1.41 bits per heavy atom. The predicted molar refractivity (Wildman–Crippen MR) is 79.9 cm³/mol. The molecule has 1 rings (SSSR count). The average molecular weight is 258 g/mol. The van der Waals surface area contributed by atoms with Crippen molar-refractivity contribution in [3.05, 3.63) is 0 Å². The van der Waals surface area contributed by atoms with E-state index in [-0.39, 0.29) is 0 Å². The Labute approximate surface area is 112 Å². The summed E-state index contributed by atoms with van der Waals surface area (Å²) in [7, 11) is 0. The topological polar surface area (TPSA) is 15.3 Å². The molecule has 3 heteroatoms. The van der Waals surface area contributed by atoms with Crippen molar-refractivity contribution in [3.63, 3.8) is 0 Å². The summed E-state index contributed by atoms with van der Waals surface area (Å²) in [6.45, 7) is 11.9. The smallest absolute Gasteiger partial charge is 0.0195 e. The first-order chi connectivity index (χ1) is 8.22. The van der Waals surface area contributed by atoms with Crippen molar-refractivity contribution in [2.24, 2.45) is 5.92 Å². The largest absolute Gasteiger partial charge is 0.313 e. The van der Waals surface area contributed by atoms with Crippen LogP contribution in [0.1, 0.15) is 40.0 Å². The van der Waals surface area contributed by atoms with Crippen LogP contribution in [0.25, 0.3) is 0 Å². The monoisotopic (exact) mass is 258 g/mol. The Balaban J connectivity index is 2.21. The SMILES string of the molecule is CCSCCCN(CC(C)C)CC1CCCN1. The van der Waals surface area contributed by atoms with Gasteiger partial charge < -0.3 is 10.2 Å². The fourth-order valence-corrected chi connectivity index (χ4v) is 3.15. The van der Waals surface area contributed by atoms with Crippen LogP contribution in [0.4, 0.5) is 0 Å². The number of rotatable bonds is 9. The van der Waals surface area contributed by atoms with Crippen LogP contribution in [-0.2, 0) is 0 Å². The molecule has 1 heterocycles. The van der Waals surface area contributed by atoms with Crippen LogP contribution < -0.4 is 5.32 Å². The highest BCUT2D eigenvalue weighted by atomic mass is 32.2. The van der Waals surface area contributed by atoms with E-state index >= 15 is 0 Å². The standard InChI is InChI=1S/C14H30N2S/c1-4-17-10-6-9-16(11-13(2)3)12-14-7-5-8-15-14/h13-15H,4-12H2,1-3H3. The highest BCUT2D eigenvalue weighted by Crippen LogP contribution is 2.10. The van der Waals surface area contributed by atoms with Crippen LogP contribution in [-0.4, -0.2) is 48.6 Å². The number of hydrogen-bond donors (Lipinski definition) is 1. The van der Waals surface area contributed by atoms with Crippen LogP contribution in [0.5, 0.6) is 0 Å². The first-order valence-corrected chi connectivity index (χ1v) is 8.41.